The van der Waals surface area contributed by atoms with Gasteiger partial charge in [0.05, 0.1) is 16.1 Å². The fourth-order valence-electron chi connectivity index (χ4n) is 1.97. The predicted molar refractivity (Wildman–Crippen MR) is 84.0 cm³/mol. The van der Waals surface area contributed by atoms with Crippen molar-refractivity contribution in [3.63, 3.8) is 0 Å². The topological polar surface area (TPSA) is 20.2 Å². The number of halogens is 3. The molecule has 1 unspecified atom stereocenters. The molecule has 2 rings (SSSR count). The normalized spacial score (nSPS) is 12.5. The fourth-order valence-corrected chi connectivity index (χ4v) is 2.67. The molecule has 1 nitrogen and oxygen atoms in total. The summed E-state index contributed by atoms with van der Waals surface area (Å²) in [5.74, 6) is 0. The van der Waals surface area contributed by atoms with Crippen molar-refractivity contribution in [1.82, 2.24) is 0 Å². The Hall–Kier alpha value is -0.540. The molecule has 0 aliphatic rings. The first-order valence-corrected chi connectivity index (χ1v) is 7.40. The molecule has 0 radical (unpaired) electrons. The molecule has 19 heavy (non-hydrogen) atoms. The number of aliphatic hydroxyl groups excluding tert-OH is 1. The first-order chi connectivity index (χ1) is 8.97. The minimum absolute atomic E-state index is 0.508. The second-order valence-electron chi connectivity index (χ2n) is 4.47. The molecule has 0 fully saturated rings. The van der Waals surface area contributed by atoms with Crippen LogP contribution in [0.5, 0.6) is 0 Å². The Bertz CT molecular complexity index is 599. The average molecular weight is 360 g/mol. The van der Waals surface area contributed by atoms with Gasteiger partial charge >= 0.3 is 0 Å². The third-order valence-electron chi connectivity index (χ3n) is 3.01. The number of rotatable bonds is 3. The Morgan fingerprint density at radius 2 is 1.84 bits per heavy atom. The van der Waals surface area contributed by atoms with Crippen molar-refractivity contribution in [2.45, 2.75) is 19.4 Å². The van der Waals surface area contributed by atoms with Crippen LogP contribution in [-0.4, -0.2) is 5.11 Å². The molecule has 100 valence electrons. The third kappa shape index (κ3) is 3.73. The van der Waals surface area contributed by atoms with E-state index >= 15 is 0 Å². The van der Waals surface area contributed by atoms with E-state index < -0.39 is 6.10 Å². The Morgan fingerprint density at radius 1 is 1.11 bits per heavy atom. The second kappa shape index (κ2) is 6.27. The van der Waals surface area contributed by atoms with Crippen LogP contribution in [0.15, 0.2) is 40.9 Å². The highest BCUT2D eigenvalue weighted by molar-refractivity contribution is 9.10. The molecule has 0 saturated carbocycles. The molecule has 2 aromatic rings. The highest BCUT2D eigenvalue weighted by atomic mass is 79.9. The molecule has 0 aliphatic heterocycles. The maximum atomic E-state index is 10.3. The van der Waals surface area contributed by atoms with Gasteiger partial charge < -0.3 is 5.11 Å². The van der Waals surface area contributed by atoms with Gasteiger partial charge in [-0.05, 0) is 47.9 Å². The van der Waals surface area contributed by atoms with E-state index in [1.807, 2.05) is 31.2 Å². The standard InChI is InChI=1S/C15H13BrCl2O/c1-9-2-4-11(16)8-12(9)15(19)7-10-3-5-13(17)14(18)6-10/h2-6,8,15,19H,7H2,1H3. The summed E-state index contributed by atoms with van der Waals surface area (Å²) in [5, 5.41) is 11.4. The Kier molecular flexibility index (Phi) is 4.91. The minimum Gasteiger partial charge on any atom is -0.388 e. The number of aryl methyl sites for hydroxylation is 1. The lowest BCUT2D eigenvalue weighted by atomic mass is 9.98. The molecule has 0 aromatic heterocycles. The van der Waals surface area contributed by atoms with Gasteiger partial charge in [-0.3, -0.25) is 0 Å². The van der Waals surface area contributed by atoms with Crippen LogP contribution in [0.4, 0.5) is 0 Å². The molecule has 1 atom stereocenters. The first kappa shape index (κ1) is 14.9. The summed E-state index contributed by atoms with van der Waals surface area (Å²) in [6.07, 6.45) is -0.0523. The highest BCUT2D eigenvalue weighted by Crippen LogP contribution is 2.28. The van der Waals surface area contributed by atoms with E-state index in [2.05, 4.69) is 15.9 Å². The first-order valence-electron chi connectivity index (χ1n) is 5.85. The summed E-state index contributed by atoms with van der Waals surface area (Å²) in [5.41, 5.74) is 2.94. The van der Waals surface area contributed by atoms with Gasteiger partial charge in [-0.1, -0.05) is 51.3 Å². The molecule has 0 spiro atoms. The van der Waals surface area contributed by atoms with Crippen LogP contribution < -0.4 is 0 Å². The van der Waals surface area contributed by atoms with Crippen LogP contribution in [0.1, 0.15) is 22.8 Å². The smallest absolute Gasteiger partial charge is 0.0833 e. The molecule has 0 amide bonds. The van der Waals surface area contributed by atoms with Gasteiger partial charge in [0.2, 0.25) is 0 Å². The number of hydrogen-bond acceptors (Lipinski definition) is 1. The van der Waals surface area contributed by atoms with E-state index in [-0.39, 0.29) is 0 Å². The maximum absolute atomic E-state index is 10.3. The summed E-state index contributed by atoms with van der Waals surface area (Å²) < 4.78 is 0.960. The number of hydrogen-bond donors (Lipinski definition) is 1. The summed E-state index contributed by atoms with van der Waals surface area (Å²) >= 11 is 15.3. The van der Waals surface area contributed by atoms with Gasteiger partial charge in [0, 0.05) is 10.9 Å². The Morgan fingerprint density at radius 3 is 2.53 bits per heavy atom. The van der Waals surface area contributed by atoms with Crippen LogP contribution >= 0.6 is 39.1 Å². The SMILES string of the molecule is Cc1ccc(Br)cc1C(O)Cc1ccc(Cl)c(Cl)c1. The van der Waals surface area contributed by atoms with E-state index in [0.29, 0.717) is 16.5 Å². The summed E-state index contributed by atoms with van der Waals surface area (Å²) in [4.78, 5) is 0. The van der Waals surface area contributed by atoms with Crippen LogP contribution in [0.25, 0.3) is 0 Å². The van der Waals surface area contributed by atoms with Gasteiger partial charge in [0.1, 0.15) is 0 Å². The van der Waals surface area contributed by atoms with Gasteiger partial charge in [-0.25, -0.2) is 0 Å². The monoisotopic (exact) mass is 358 g/mol. The van der Waals surface area contributed by atoms with Crippen molar-refractivity contribution >= 4 is 39.1 Å². The molecule has 0 heterocycles. The largest absolute Gasteiger partial charge is 0.388 e. The van der Waals surface area contributed by atoms with Gasteiger partial charge in [-0.2, -0.15) is 0 Å². The van der Waals surface area contributed by atoms with E-state index in [1.54, 1.807) is 12.1 Å². The van der Waals surface area contributed by atoms with Crippen molar-refractivity contribution < 1.29 is 5.11 Å². The van der Waals surface area contributed by atoms with Gasteiger partial charge in [-0.15, -0.1) is 0 Å². The van der Waals surface area contributed by atoms with Crippen molar-refractivity contribution in [3.8, 4) is 0 Å². The lowest BCUT2D eigenvalue weighted by Gasteiger charge is -2.14. The lowest BCUT2D eigenvalue weighted by Crippen LogP contribution is -2.04. The average Bonchev–Trinajstić information content (AvgIpc) is 2.36. The molecule has 4 heteroatoms. The van der Waals surface area contributed by atoms with Gasteiger partial charge in [0.25, 0.3) is 0 Å². The molecule has 0 bridgehead atoms. The highest BCUT2D eigenvalue weighted by Gasteiger charge is 2.12. The fraction of sp³-hybridized carbons (Fsp3) is 0.200. The Labute approximate surface area is 131 Å². The van der Waals surface area contributed by atoms with E-state index in [1.165, 1.54) is 0 Å². The number of benzene rings is 2. The third-order valence-corrected chi connectivity index (χ3v) is 4.25. The van der Waals surface area contributed by atoms with Crippen LogP contribution in [0, 0.1) is 6.92 Å². The van der Waals surface area contributed by atoms with Crippen LogP contribution in [-0.2, 0) is 6.42 Å². The molecule has 1 N–H and O–H groups in total. The zero-order valence-corrected chi connectivity index (χ0v) is 13.4. The van der Waals surface area contributed by atoms with Crippen LogP contribution in [0.3, 0.4) is 0 Å². The summed E-state index contributed by atoms with van der Waals surface area (Å²) in [7, 11) is 0. The van der Waals surface area contributed by atoms with Crippen molar-refractivity contribution in [2.24, 2.45) is 0 Å². The zero-order valence-electron chi connectivity index (χ0n) is 10.3. The quantitative estimate of drug-likeness (QED) is 0.784. The molecule has 2 aromatic carbocycles. The zero-order chi connectivity index (χ0) is 14.0. The van der Waals surface area contributed by atoms with Crippen LogP contribution in [0.2, 0.25) is 10.0 Å². The molecule has 0 saturated heterocycles. The predicted octanol–water partition coefficient (Wildman–Crippen LogP) is 5.34. The summed E-state index contributed by atoms with van der Waals surface area (Å²) in [6.45, 7) is 1.99. The second-order valence-corrected chi connectivity index (χ2v) is 6.20. The van der Waals surface area contributed by atoms with Crippen molar-refractivity contribution in [2.75, 3.05) is 0 Å². The molecular weight excluding hydrogens is 347 g/mol. The van der Waals surface area contributed by atoms with Gasteiger partial charge in [0.15, 0.2) is 0 Å². The maximum Gasteiger partial charge on any atom is 0.0833 e. The lowest BCUT2D eigenvalue weighted by molar-refractivity contribution is 0.177. The molecule has 0 aliphatic carbocycles. The summed E-state index contributed by atoms with van der Waals surface area (Å²) in [6, 6.07) is 11.3. The van der Waals surface area contributed by atoms with Crippen molar-refractivity contribution in [3.05, 3.63) is 67.6 Å². The van der Waals surface area contributed by atoms with E-state index in [0.717, 1.165) is 21.2 Å². The van der Waals surface area contributed by atoms with E-state index in [4.69, 9.17) is 23.2 Å². The molecular formula is C15H13BrCl2O. The van der Waals surface area contributed by atoms with E-state index in [9.17, 15) is 5.11 Å². The Balaban J connectivity index is 2.22. The number of aliphatic hydroxyl groups is 1. The van der Waals surface area contributed by atoms with Crippen molar-refractivity contribution in [1.29, 1.82) is 0 Å². The minimum atomic E-state index is -0.560.